The van der Waals surface area contributed by atoms with Gasteiger partial charge in [-0.1, -0.05) is 109 Å². The summed E-state index contributed by atoms with van der Waals surface area (Å²) < 4.78 is 15.9. The Bertz CT molecular complexity index is 2670. The van der Waals surface area contributed by atoms with E-state index in [2.05, 4.69) is 0 Å². The highest BCUT2D eigenvalue weighted by molar-refractivity contribution is 6.07. The third-order valence-electron chi connectivity index (χ3n) is 9.61. The quantitative estimate of drug-likeness (QED) is 0.0244. The molecule has 0 unspecified atom stereocenters. The number of benzene rings is 6. The number of Topliss-reactive ketones (excluding diaryl/α,β-unsaturated/α-hetero) is 3. The molecule has 0 aliphatic heterocycles. The van der Waals surface area contributed by atoms with E-state index < -0.39 is 17.2 Å². The summed E-state index contributed by atoms with van der Waals surface area (Å²) in [5.74, 6) is -0.995. The van der Waals surface area contributed by atoms with Gasteiger partial charge in [0.15, 0.2) is 35.7 Å². The minimum atomic E-state index is -1.44. The average Bonchev–Trinajstić information content (AvgIpc) is 3.36. The summed E-state index contributed by atoms with van der Waals surface area (Å²) in [5.41, 5.74) is 1.54. The van der Waals surface area contributed by atoms with E-state index in [4.69, 9.17) is 24.4 Å². The van der Waals surface area contributed by atoms with Gasteiger partial charge in [0, 0.05) is 27.8 Å². The molecule has 0 radical (unpaired) electrons. The number of carbonyl (C=O) groups is 6. The lowest BCUT2D eigenvalue weighted by Gasteiger charge is -2.15. The van der Waals surface area contributed by atoms with E-state index >= 15 is 0 Å². The zero-order valence-electron chi connectivity index (χ0n) is 38.6. The minimum absolute atomic E-state index is 0.0512. The Balaban J connectivity index is 0.000000249. The van der Waals surface area contributed by atoms with Crippen molar-refractivity contribution in [2.24, 2.45) is 0 Å². The van der Waals surface area contributed by atoms with Crippen molar-refractivity contribution in [3.8, 4) is 11.5 Å². The number of ether oxygens (including phenoxy) is 3. The fourth-order valence-corrected chi connectivity index (χ4v) is 5.86. The van der Waals surface area contributed by atoms with Crippen LogP contribution in [0.4, 0.5) is 0 Å². The molecule has 0 saturated carbocycles. The number of aliphatic hydroxyl groups excluding tert-OH is 1. The maximum Gasteiger partial charge on any atom is 0.335 e. The summed E-state index contributed by atoms with van der Waals surface area (Å²) in [6.45, 7) is 5.65. The number of allylic oxidation sites excluding steroid dienone is 2. The molecule has 356 valence electrons. The summed E-state index contributed by atoms with van der Waals surface area (Å²) in [4.78, 5) is 70.6. The first kappa shape index (κ1) is 53.7. The predicted molar refractivity (Wildman–Crippen MR) is 262 cm³/mol. The van der Waals surface area contributed by atoms with Crippen LogP contribution in [0, 0.1) is 0 Å². The van der Waals surface area contributed by atoms with E-state index in [9.17, 15) is 39.0 Å². The lowest BCUT2D eigenvalue weighted by Crippen LogP contribution is -2.30. The molecular weight excluding hydrogens is 881 g/mol. The Morgan fingerprint density at radius 2 is 0.855 bits per heavy atom. The molecule has 0 aliphatic rings. The van der Waals surface area contributed by atoms with Gasteiger partial charge in [0.25, 0.3) is 0 Å². The van der Waals surface area contributed by atoms with Gasteiger partial charge in [-0.2, -0.15) is 0 Å². The van der Waals surface area contributed by atoms with Gasteiger partial charge in [-0.3, -0.25) is 24.0 Å². The Labute approximate surface area is 400 Å². The molecular formula is C56H54O13. The Kier molecular flexibility index (Phi) is 20.5. The maximum absolute atomic E-state index is 12.3. The number of hydrogen-bond acceptors (Lipinski definition) is 12. The van der Waals surface area contributed by atoms with Crippen LogP contribution in [-0.2, 0) is 4.74 Å². The second-order valence-corrected chi connectivity index (χ2v) is 16.1. The fourth-order valence-electron chi connectivity index (χ4n) is 5.86. The summed E-state index contributed by atoms with van der Waals surface area (Å²) in [6.07, 6.45) is 6.35. The van der Waals surface area contributed by atoms with Crippen LogP contribution in [0.25, 0.3) is 12.2 Å². The van der Waals surface area contributed by atoms with Crippen LogP contribution in [0.1, 0.15) is 101 Å². The lowest BCUT2D eigenvalue weighted by atomic mass is 9.97. The van der Waals surface area contributed by atoms with Crippen molar-refractivity contribution >= 4 is 47.0 Å². The highest BCUT2D eigenvalue weighted by atomic mass is 16.7. The van der Waals surface area contributed by atoms with Gasteiger partial charge in [0.05, 0.1) is 12.2 Å². The Morgan fingerprint density at radius 1 is 0.478 bits per heavy atom. The highest BCUT2D eigenvalue weighted by Crippen LogP contribution is 2.19. The molecule has 6 rings (SSSR count). The van der Waals surface area contributed by atoms with E-state index in [1.54, 1.807) is 121 Å². The van der Waals surface area contributed by atoms with Gasteiger partial charge in [0.1, 0.15) is 35.9 Å². The van der Waals surface area contributed by atoms with E-state index in [1.807, 2.05) is 36.4 Å². The van der Waals surface area contributed by atoms with E-state index in [0.717, 1.165) is 11.1 Å². The molecule has 6 aromatic rings. The normalized spacial score (nSPS) is 11.1. The van der Waals surface area contributed by atoms with E-state index in [0.29, 0.717) is 39.3 Å². The maximum atomic E-state index is 12.3. The first-order valence-electron chi connectivity index (χ1n) is 21.6. The first-order valence-corrected chi connectivity index (χ1v) is 21.6. The molecule has 0 bridgehead atoms. The van der Waals surface area contributed by atoms with Gasteiger partial charge in [-0.15, -0.1) is 0 Å². The Morgan fingerprint density at radius 3 is 1.23 bits per heavy atom. The number of carboxylic acid groups (broad SMARTS) is 1. The molecule has 0 atom stereocenters. The molecule has 6 aromatic carbocycles. The topological polar surface area (TPSA) is 211 Å². The second-order valence-electron chi connectivity index (χ2n) is 16.1. The molecule has 0 fully saturated rings. The van der Waals surface area contributed by atoms with Gasteiger partial charge in [-0.25, -0.2) is 4.79 Å². The lowest BCUT2D eigenvalue weighted by molar-refractivity contribution is 0.0178. The summed E-state index contributed by atoms with van der Waals surface area (Å²) in [6, 6.07) is 43.9. The monoisotopic (exact) mass is 934 g/mol. The Hall–Kier alpha value is -7.94. The van der Waals surface area contributed by atoms with Crippen molar-refractivity contribution in [2.45, 2.75) is 38.9 Å². The van der Waals surface area contributed by atoms with Crippen molar-refractivity contribution < 1.29 is 63.4 Å². The van der Waals surface area contributed by atoms with Crippen LogP contribution in [0.5, 0.6) is 11.5 Å². The number of carboxylic acids is 1. The summed E-state index contributed by atoms with van der Waals surface area (Å²) >= 11 is 0. The summed E-state index contributed by atoms with van der Waals surface area (Å²) in [5, 5.41) is 36.7. The van der Waals surface area contributed by atoms with E-state index in [-0.39, 0.29) is 61.1 Å². The van der Waals surface area contributed by atoms with Crippen LogP contribution in [0.15, 0.2) is 170 Å². The molecule has 0 heterocycles. The fraction of sp³-hybridized carbons (Fsp3) is 0.179. The third kappa shape index (κ3) is 18.3. The SMILES string of the molecule is CC(C)(O)C(=O)c1ccc(OCCO)cc1.CC(C)(O)C(=O)c1ccc(OCOCC(=O)c2ccc(/C=C/C(=O)c3ccccc3)cc2)cc1.O=C(O)c1ccc(C=CC(=O)c2ccccc2)cc1. The van der Waals surface area contributed by atoms with Crippen LogP contribution < -0.4 is 9.47 Å². The molecule has 13 nitrogen and oxygen atoms in total. The molecule has 0 amide bonds. The average molecular weight is 935 g/mol. The van der Waals surface area contributed by atoms with Gasteiger partial charge in [0.2, 0.25) is 0 Å². The largest absolute Gasteiger partial charge is 0.491 e. The van der Waals surface area contributed by atoms with Gasteiger partial charge < -0.3 is 34.6 Å². The molecule has 0 aromatic heterocycles. The van der Waals surface area contributed by atoms with Gasteiger partial charge >= 0.3 is 5.97 Å². The minimum Gasteiger partial charge on any atom is -0.491 e. The zero-order valence-corrected chi connectivity index (χ0v) is 38.6. The zero-order chi connectivity index (χ0) is 50.4. The van der Waals surface area contributed by atoms with Crippen molar-refractivity contribution in [3.05, 3.63) is 214 Å². The number of ketones is 5. The van der Waals surface area contributed by atoms with Crippen molar-refractivity contribution in [1.82, 2.24) is 0 Å². The van der Waals surface area contributed by atoms with Crippen molar-refractivity contribution in [2.75, 3.05) is 26.6 Å². The standard InChI is InChI=1S/C28H26O6.C16H12O3.C12H16O4/c1-28(2,32)27(31)23-13-15-24(16-14-23)34-19-33-18-26(30)22-11-8-20(9-12-22)10-17-25(29)21-6-4-3-5-7-21;17-15(13-4-2-1-3-5-13)11-8-12-6-9-14(10-7-12)16(18)19;1-12(2,15)11(14)9-3-5-10(6-4-9)16-8-7-13/h3-17,32H,18-19H2,1-2H3;1-11H,(H,18,19);3-6,13,15H,7-8H2,1-2H3/b17-10+;;. The number of hydrogen-bond donors (Lipinski definition) is 4. The van der Waals surface area contributed by atoms with Crippen LogP contribution >= 0.6 is 0 Å². The molecule has 69 heavy (non-hydrogen) atoms. The molecule has 0 spiro atoms. The molecule has 0 saturated heterocycles. The molecule has 4 N–H and O–H groups in total. The number of aromatic carboxylic acids is 1. The predicted octanol–water partition coefficient (Wildman–Crippen LogP) is 9.06. The molecule has 13 heteroatoms. The van der Waals surface area contributed by atoms with E-state index in [1.165, 1.54) is 52.0 Å². The molecule has 0 aliphatic carbocycles. The number of carbonyl (C=O) groups excluding carboxylic acids is 5. The third-order valence-corrected chi connectivity index (χ3v) is 9.61. The van der Waals surface area contributed by atoms with Crippen LogP contribution in [-0.4, -0.2) is 93.1 Å². The highest BCUT2D eigenvalue weighted by Gasteiger charge is 2.26. The second kappa shape index (κ2) is 26.4. The number of aliphatic hydroxyl groups is 3. The summed E-state index contributed by atoms with van der Waals surface area (Å²) in [7, 11) is 0. The van der Waals surface area contributed by atoms with Crippen LogP contribution in [0.3, 0.4) is 0 Å². The van der Waals surface area contributed by atoms with Gasteiger partial charge in [-0.05, 0) is 112 Å². The van der Waals surface area contributed by atoms with Crippen molar-refractivity contribution in [3.63, 3.8) is 0 Å². The first-order chi connectivity index (χ1) is 32.8. The number of rotatable bonds is 20. The van der Waals surface area contributed by atoms with Crippen molar-refractivity contribution in [1.29, 1.82) is 0 Å². The smallest absolute Gasteiger partial charge is 0.335 e. The van der Waals surface area contributed by atoms with Crippen LogP contribution in [0.2, 0.25) is 0 Å².